The molecule has 1 aromatic carbocycles. The number of anilines is 1. The summed E-state index contributed by atoms with van der Waals surface area (Å²) in [7, 11) is 0. The van der Waals surface area contributed by atoms with Crippen LogP contribution in [0.15, 0.2) is 23.6 Å². The summed E-state index contributed by atoms with van der Waals surface area (Å²) in [5.74, 6) is -1.56. The van der Waals surface area contributed by atoms with Gasteiger partial charge >= 0.3 is 5.97 Å². The molecule has 0 radical (unpaired) electrons. The van der Waals surface area contributed by atoms with Crippen LogP contribution in [0.1, 0.15) is 41.8 Å². The lowest BCUT2D eigenvalue weighted by Gasteiger charge is -2.13. The number of rotatable bonds is 4. The SMILES string of the molecule is CC(C)(C)c1nc(CNc2cc(C(=O)O)ccc2F)cs1. The van der Waals surface area contributed by atoms with Gasteiger partial charge in [-0.25, -0.2) is 14.2 Å². The van der Waals surface area contributed by atoms with Gasteiger partial charge in [0.2, 0.25) is 0 Å². The quantitative estimate of drug-likeness (QED) is 0.899. The second-order valence-corrected chi connectivity index (χ2v) is 6.61. The first-order chi connectivity index (χ1) is 9.77. The third-order valence-electron chi connectivity index (χ3n) is 2.87. The molecule has 21 heavy (non-hydrogen) atoms. The van der Waals surface area contributed by atoms with Crippen molar-refractivity contribution in [1.82, 2.24) is 4.98 Å². The highest BCUT2D eigenvalue weighted by Crippen LogP contribution is 2.26. The lowest BCUT2D eigenvalue weighted by Crippen LogP contribution is -2.11. The van der Waals surface area contributed by atoms with Crippen LogP contribution in [0.25, 0.3) is 0 Å². The summed E-state index contributed by atoms with van der Waals surface area (Å²) in [6.45, 7) is 6.60. The van der Waals surface area contributed by atoms with Crippen LogP contribution in [-0.2, 0) is 12.0 Å². The van der Waals surface area contributed by atoms with Gasteiger partial charge in [-0.2, -0.15) is 0 Å². The number of hydrogen-bond donors (Lipinski definition) is 2. The third kappa shape index (κ3) is 3.78. The van der Waals surface area contributed by atoms with E-state index >= 15 is 0 Å². The molecule has 0 saturated carbocycles. The van der Waals surface area contributed by atoms with Crippen molar-refractivity contribution in [3.05, 3.63) is 45.7 Å². The summed E-state index contributed by atoms with van der Waals surface area (Å²) in [4.78, 5) is 15.4. The molecule has 6 heteroatoms. The normalized spacial score (nSPS) is 11.4. The molecule has 112 valence electrons. The molecule has 0 amide bonds. The van der Waals surface area contributed by atoms with E-state index in [1.165, 1.54) is 12.1 Å². The van der Waals surface area contributed by atoms with Gasteiger partial charge in [-0.05, 0) is 18.2 Å². The number of halogens is 1. The van der Waals surface area contributed by atoms with Crippen molar-refractivity contribution < 1.29 is 14.3 Å². The number of thiazole rings is 1. The molecule has 0 aliphatic carbocycles. The predicted molar refractivity (Wildman–Crippen MR) is 81.5 cm³/mol. The summed E-state index contributed by atoms with van der Waals surface area (Å²) in [5.41, 5.74) is 1.01. The summed E-state index contributed by atoms with van der Waals surface area (Å²) >= 11 is 1.56. The van der Waals surface area contributed by atoms with Gasteiger partial charge in [0.15, 0.2) is 0 Å². The first-order valence-corrected chi connectivity index (χ1v) is 7.37. The van der Waals surface area contributed by atoms with Crippen LogP contribution in [0, 0.1) is 5.82 Å². The zero-order chi connectivity index (χ0) is 15.6. The van der Waals surface area contributed by atoms with E-state index in [4.69, 9.17) is 5.11 Å². The second kappa shape index (κ2) is 5.81. The molecule has 0 aliphatic heterocycles. The van der Waals surface area contributed by atoms with Gasteiger partial charge in [-0.3, -0.25) is 0 Å². The van der Waals surface area contributed by atoms with Gasteiger partial charge in [-0.15, -0.1) is 11.3 Å². The van der Waals surface area contributed by atoms with Crippen LogP contribution in [0.4, 0.5) is 10.1 Å². The van der Waals surface area contributed by atoms with Crippen molar-refractivity contribution in [3.63, 3.8) is 0 Å². The van der Waals surface area contributed by atoms with Crippen LogP contribution in [0.2, 0.25) is 0 Å². The summed E-state index contributed by atoms with van der Waals surface area (Å²) in [6.07, 6.45) is 0. The molecule has 0 bridgehead atoms. The minimum Gasteiger partial charge on any atom is -0.478 e. The molecule has 1 heterocycles. The molecule has 1 aromatic heterocycles. The zero-order valence-electron chi connectivity index (χ0n) is 12.1. The van der Waals surface area contributed by atoms with E-state index in [0.717, 1.165) is 16.8 Å². The van der Waals surface area contributed by atoms with E-state index in [1.54, 1.807) is 11.3 Å². The molecule has 4 nitrogen and oxygen atoms in total. The number of carbonyl (C=O) groups is 1. The van der Waals surface area contributed by atoms with Gasteiger partial charge < -0.3 is 10.4 Å². The molecule has 0 unspecified atom stereocenters. The fraction of sp³-hybridized carbons (Fsp3) is 0.333. The van der Waals surface area contributed by atoms with Crippen LogP contribution >= 0.6 is 11.3 Å². The standard InChI is InChI=1S/C15H17FN2O2S/c1-15(2,3)14-18-10(8-21-14)7-17-12-6-9(13(19)20)4-5-11(12)16/h4-6,8,17H,7H2,1-3H3,(H,19,20). The zero-order valence-corrected chi connectivity index (χ0v) is 12.9. The van der Waals surface area contributed by atoms with E-state index in [0.29, 0.717) is 6.54 Å². The predicted octanol–water partition coefficient (Wildman–Crippen LogP) is 3.89. The van der Waals surface area contributed by atoms with Crippen molar-refractivity contribution in [2.45, 2.75) is 32.7 Å². The Labute approximate surface area is 126 Å². The highest BCUT2D eigenvalue weighted by atomic mass is 32.1. The Bertz CT molecular complexity index is 662. The molecular formula is C15H17FN2O2S. The van der Waals surface area contributed by atoms with E-state index in [2.05, 4.69) is 31.1 Å². The maximum atomic E-state index is 13.7. The molecule has 2 rings (SSSR count). The average molecular weight is 308 g/mol. The van der Waals surface area contributed by atoms with Crippen molar-refractivity contribution >= 4 is 23.0 Å². The van der Waals surface area contributed by atoms with Gasteiger partial charge in [0.1, 0.15) is 5.82 Å². The molecular weight excluding hydrogens is 291 g/mol. The fourth-order valence-electron chi connectivity index (χ4n) is 1.71. The Morgan fingerprint density at radius 3 is 2.71 bits per heavy atom. The smallest absolute Gasteiger partial charge is 0.335 e. The molecule has 2 aromatic rings. The van der Waals surface area contributed by atoms with Gasteiger partial charge in [0, 0.05) is 10.8 Å². The topological polar surface area (TPSA) is 62.2 Å². The van der Waals surface area contributed by atoms with Crippen LogP contribution in [0.5, 0.6) is 0 Å². The highest BCUT2D eigenvalue weighted by molar-refractivity contribution is 7.09. The summed E-state index contributed by atoms with van der Waals surface area (Å²) in [5, 5.41) is 14.7. The Morgan fingerprint density at radius 1 is 1.43 bits per heavy atom. The Balaban J connectivity index is 2.11. The van der Waals surface area contributed by atoms with E-state index in [1.807, 2.05) is 5.38 Å². The minimum atomic E-state index is -1.08. The monoisotopic (exact) mass is 308 g/mol. The Morgan fingerprint density at radius 2 is 2.14 bits per heavy atom. The van der Waals surface area contributed by atoms with E-state index in [9.17, 15) is 9.18 Å². The number of carboxylic acids is 1. The maximum Gasteiger partial charge on any atom is 0.335 e. The molecule has 2 N–H and O–H groups in total. The average Bonchev–Trinajstić information content (AvgIpc) is 2.86. The lowest BCUT2D eigenvalue weighted by atomic mass is 9.98. The molecule has 0 spiro atoms. The summed E-state index contributed by atoms with van der Waals surface area (Å²) < 4.78 is 13.7. The summed E-state index contributed by atoms with van der Waals surface area (Å²) in [6, 6.07) is 3.67. The number of benzene rings is 1. The van der Waals surface area contributed by atoms with Crippen molar-refractivity contribution in [1.29, 1.82) is 0 Å². The van der Waals surface area contributed by atoms with E-state index < -0.39 is 11.8 Å². The van der Waals surface area contributed by atoms with Crippen LogP contribution < -0.4 is 5.32 Å². The number of hydrogen-bond acceptors (Lipinski definition) is 4. The molecule has 0 aliphatic rings. The van der Waals surface area contributed by atoms with Gasteiger partial charge in [0.25, 0.3) is 0 Å². The first-order valence-electron chi connectivity index (χ1n) is 6.49. The fourth-order valence-corrected chi connectivity index (χ4v) is 2.62. The highest BCUT2D eigenvalue weighted by Gasteiger charge is 2.18. The Hall–Kier alpha value is -1.95. The minimum absolute atomic E-state index is 0.0165. The molecule has 0 saturated heterocycles. The number of carboxylic acid groups (broad SMARTS) is 1. The van der Waals surface area contributed by atoms with Crippen molar-refractivity contribution in [3.8, 4) is 0 Å². The largest absolute Gasteiger partial charge is 0.478 e. The van der Waals surface area contributed by atoms with Gasteiger partial charge in [0.05, 0.1) is 28.5 Å². The van der Waals surface area contributed by atoms with E-state index in [-0.39, 0.29) is 16.7 Å². The molecule has 0 fully saturated rings. The van der Waals surface area contributed by atoms with Crippen molar-refractivity contribution in [2.24, 2.45) is 0 Å². The number of nitrogens with zero attached hydrogens (tertiary/aromatic N) is 1. The first kappa shape index (κ1) is 15.4. The Kier molecular flexibility index (Phi) is 4.27. The lowest BCUT2D eigenvalue weighted by molar-refractivity contribution is 0.0697. The van der Waals surface area contributed by atoms with Crippen LogP contribution in [0.3, 0.4) is 0 Å². The van der Waals surface area contributed by atoms with Gasteiger partial charge in [-0.1, -0.05) is 20.8 Å². The van der Waals surface area contributed by atoms with Crippen molar-refractivity contribution in [2.75, 3.05) is 5.32 Å². The number of nitrogens with one attached hydrogen (secondary N) is 1. The van der Waals surface area contributed by atoms with Crippen LogP contribution in [-0.4, -0.2) is 16.1 Å². The molecule has 0 atom stereocenters. The number of aromatic nitrogens is 1. The second-order valence-electron chi connectivity index (χ2n) is 5.75. The maximum absolute atomic E-state index is 13.7. The number of aromatic carboxylic acids is 1. The third-order valence-corrected chi connectivity index (χ3v) is 4.18.